The lowest BCUT2D eigenvalue weighted by molar-refractivity contribution is 0.416. The molecule has 8 nitrogen and oxygen atoms in total. The van der Waals surface area contributed by atoms with Gasteiger partial charge in [0.15, 0.2) is 0 Å². The van der Waals surface area contributed by atoms with Gasteiger partial charge in [-0.3, -0.25) is 9.71 Å². The maximum atomic E-state index is 12.8. The Bertz CT molecular complexity index is 1740. The standard InChI is InChI=1S/C26H19N5O3S2/c1-16-4-3-5-17(10-16)22-13-24(34-2)23(12-19(22)14-27)25-21-7-6-20(11-18(21)8-9-28-25)36(32,33)31-26-30-29-15-35-26/h3-13,15H,1-2H3,(H,30,31). The summed E-state index contributed by atoms with van der Waals surface area (Å²) in [5.41, 5.74) is 5.91. The van der Waals surface area contributed by atoms with E-state index in [1.165, 1.54) is 11.6 Å². The van der Waals surface area contributed by atoms with Crippen LogP contribution < -0.4 is 9.46 Å². The van der Waals surface area contributed by atoms with Crippen molar-refractivity contribution in [1.29, 1.82) is 5.26 Å². The molecule has 1 N–H and O–H groups in total. The molecule has 2 heterocycles. The molecule has 0 radical (unpaired) electrons. The van der Waals surface area contributed by atoms with Crippen LogP contribution in [-0.4, -0.2) is 30.7 Å². The highest BCUT2D eigenvalue weighted by Crippen LogP contribution is 2.39. The van der Waals surface area contributed by atoms with Crippen LogP contribution in [-0.2, 0) is 10.0 Å². The average Bonchev–Trinajstić information content (AvgIpc) is 3.39. The van der Waals surface area contributed by atoms with E-state index in [9.17, 15) is 13.7 Å². The third-order valence-corrected chi connectivity index (χ3v) is 7.74. The fourth-order valence-corrected chi connectivity index (χ4v) is 5.73. The lowest BCUT2D eigenvalue weighted by Crippen LogP contribution is -2.12. The summed E-state index contributed by atoms with van der Waals surface area (Å²) in [6, 6.07) is 20.3. The quantitative estimate of drug-likeness (QED) is 0.322. The molecule has 5 aromatic rings. The number of sulfonamides is 1. The van der Waals surface area contributed by atoms with E-state index in [0.717, 1.165) is 33.4 Å². The number of methoxy groups -OCH3 is 1. The molecule has 0 amide bonds. The first-order valence-electron chi connectivity index (χ1n) is 10.8. The van der Waals surface area contributed by atoms with Gasteiger partial charge in [0, 0.05) is 22.7 Å². The predicted molar refractivity (Wildman–Crippen MR) is 139 cm³/mol. The molecule has 0 saturated carbocycles. The maximum absolute atomic E-state index is 12.8. The van der Waals surface area contributed by atoms with E-state index in [-0.39, 0.29) is 10.0 Å². The number of hydrogen-bond acceptors (Lipinski definition) is 8. The molecule has 0 unspecified atom stereocenters. The van der Waals surface area contributed by atoms with Gasteiger partial charge in [-0.1, -0.05) is 47.2 Å². The second-order valence-electron chi connectivity index (χ2n) is 7.97. The summed E-state index contributed by atoms with van der Waals surface area (Å²) in [5.74, 6) is 0.556. The number of fused-ring (bicyclic) bond motifs is 1. The van der Waals surface area contributed by atoms with Crippen molar-refractivity contribution in [1.82, 2.24) is 15.2 Å². The highest BCUT2D eigenvalue weighted by molar-refractivity contribution is 7.93. The largest absolute Gasteiger partial charge is 0.496 e. The molecule has 0 atom stereocenters. The van der Waals surface area contributed by atoms with E-state index in [4.69, 9.17) is 4.74 Å². The van der Waals surface area contributed by atoms with Gasteiger partial charge in [-0.05, 0) is 48.2 Å². The summed E-state index contributed by atoms with van der Waals surface area (Å²) in [4.78, 5) is 4.64. The van der Waals surface area contributed by atoms with Crippen LogP contribution >= 0.6 is 11.3 Å². The van der Waals surface area contributed by atoms with Crippen molar-refractivity contribution in [3.8, 4) is 34.2 Å². The molecule has 0 fully saturated rings. The Balaban J connectivity index is 1.63. The van der Waals surface area contributed by atoms with Gasteiger partial charge in [0.05, 0.1) is 29.3 Å². The minimum Gasteiger partial charge on any atom is -0.496 e. The van der Waals surface area contributed by atoms with Crippen molar-refractivity contribution >= 4 is 37.3 Å². The van der Waals surface area contributed by atoms with Gasteiger partial charge in [0.1, 0.15) is 11.3 Å². The molecular formula is C26H19N5O3S2. The molecule has 0 aliphatic rings. The maximum Gasteiger partial charge on any atom is 0.263 e. The molecule has 0 aliphatic heterocycles. The Hall–Kier alpha value is -4.33. The summed E-state index contributed by atoms with van der Waals surface area (Å²) in [7, 11) is -2.28. The topological polar surface area (TPSA) is 118 Å². The van der Waals surface area contributed by atoms with Gasteiger partial charge in [0.2, 0.25) is 5.13 Å². The first-order valence-corrected chi connectivity index (χ1v) is 13.1. The second kappa shape index (κ2) is 9.37. The molecule has 36 heavy (non-hydrogen) atoms. The van der Waals surface area contributed by atoms with Crippen LogP contribution in [0, 0.1) is 18.3 Å². The highest BCUT2D eigenvalue weighted by atomic mass is 32.2. The van der Waals surface area contributed by atoms with Gasteiger partial charge in [-0.15, -0.1) is 10.2 Å². The summed E-state index contributed by atoms with van der Waals surface area (Å²) in [6.07, 6.45) is 1.60. The Labute approximate surface area is 211 Å². The normalized spacial score (nSPS) is 11.2. The Kier molecular flexibility index (Phi) is 6.10. The zero-order valence-electron chi connectivity index (χ0n) is 19.3. The van der Waals surface area contributed by atoms with Crippen molar-refractivity contribution in [2.75, 3.05) is 11.8 Å². The van der Waals surface area contributed by atoms with Gasteiger partial charge in [-0.2, -0.15) is 5.26 Å². The summed E-state index contributed by atoms with van der Waals surface area (Å²) < 4.78 is 33.8. The molecule has 0 spiro atoms. The number of aryl methyl sites for hydroxylation is 1. The van der Waals surface area contributed by atoms with Gasteiger partial charge >= 0.3 is 0 Å². The van der Waals surface area contributed by atoms with Crippen LogP contribution in [0.4, 0.5) is 5.13 Å². The second-order valence-corrected chi connectivity index (χ2v) is 10.5. The first kappa shape index (κ1) is 23.4. The highest BCUT2D eigenvalue weighted by Gasteiger charge is 2.20. The summed E-state index contributed by atoms with van der Waals surface area (Å²) >= 11 is 1.09. The molecule has 3 aromatic carbocycles. The number of ether oxygens (including phenoxy) is 1. The lowest BCUT2D eigenvalue weighted by atomic mass is 9.94. The van der Waals surface area contributed by atoms with Crippen LogP contribution in [0.2, 0.25) is 0 Å². The number of nitrogens with zero attached hydrogens (tertiary/aromatic N) is 4. The number of nitrogens with one attached hydrogen (secondary N) is 1. The predicted octanol–water partition coefficient (Wildman–Crippen LogP) is 5.41. The van der Waals surface area contributed by atoms with Crippen LogP contribution in [0.1, 0.15) is 11.1 Å². The van der Waals surface area contributed by atoms with E-state index in [1.54, 1.807) is 37.6 Å². The van der Waals surface area contributed by atoms with Crippen LogP contribution in [0.3, 0.4) is 0 Å². The minimum atomic E-state index is -3.85. The molecule has 2 aromatic heterocycles. The number of nitriles is 1. The van der Waals surface area contributed by atoms with Crippen molar-refractivity contribution in [3.05, 3.63) is 83.5 Å². The van der Waals surface area contributed by atoms with Crippen molar-refractivity contribution in [2.24, 2.45) is 0 Å². The monoisotopic (exact) mass is 513 g/mol. The number of anilines is 1. The Morgan fingerprint density at radius 2 is 1.92 bits per heavy atom. The smallest absolute Gasteiger partial charge is 0.263 e. The van der Waals surface area contributed by atoms with E-state index >= 15 is 0 Å². The van der Waals surface area contributed by atoms with E-state index in [1.807, 2.05) is 37.3 Å². The fourth-order valence-electron chi connectivity index (χ4n) is 4.01. The van der Waals surface area contributed by atoms with Crippen molar-refractivity contribution in [2.45, 2.75) is 11.8 Å². The molecule has 5 rings (SSSR count). The number of rotatable bonds is 6. The van der Waals surface area contributed by atoms with E-state index < -0.39 is 10.0 Å². The minimum absolute atomic E-state index is 0.0850. The zero-order valence-corrected chi connectivity index (χ0v) is 20.9. The van der Waals surface area contributed by atoms with Gasteiger partial charge in [-0.25, -0.2) is 8.42 Å². The molecule has 0 aliphatic carbocycles. The third-order valence-electron chi connectivity index (χ3n) is 5.67. The number of aromatic nitrogens is 3. The zero-order chi connectivity index (χ0) is 25.3. The van der Waals surface area contributed by atoms with Crippen molar-refractivity contribution < 1.29 is 13.2 Å². The first-order chi connectivity index (χ1) is 17.4. The summed E-state index contributed by atoms with van der Waals surface area (Å²) in [5, 5.41) is 18.9. The molecule has 10 heteroatoms. The lowest BCUT2D eigenvalue weighted by Gasteiger charge is -2.15. The van der Waals surface area contributed by atoms with Crippen LogP contribution in [0.5, 0.6) is 5.75 Å². The molecule has 178 valence electrons. The molecule has 0 bridgehead atoms. The molecular weight excluding hydrogens is 494 g/mol. The van der Waals surface area contributed by atoms with Crippen LogP contribution in [0.15, 0.2) is 77.3 Å². The van der Waals surface area contributed by atoms with Gasteiger partial charge < -0.3 is 4.74 Å². The van der Waals surface area contributed by atoms with E-state index in [0.29, 0.717) is 28.0 Å². The SMILES string of the molecule is COc1cc(-c2cccc(C)c2)c(C#N)cc1-c1nccc2cc(S(=O)(=O)Nc3nncs3)ccc12. The average molecular weight is 514 g/mol. The Morgan fingerprint density at radius 3 is 2.64 bits per heavy atom. The van der Waals surface area contributed by atoms with Crippen LogP contribution in [0.25, 0.3) is 33.2 Å². The third kappa shape index (κ3) is 4.37. The number of hydrogen-bond donors (Lipinski definition) is 1. The Morgan fingerprint density at radius 1 is 1.06 bits per heavy atom. The number of benzene rings is 3. The van der Waals surface area contributed by atoms with E-state index in [2.05, 4.69) is 26.0 Å². The van der Waals surface area contributed by atoms with Crippen molar-refractivity contribution in [3.63, 3.8) is 0 Å². The fraction of sp³-hybridized carbons (Fsp3) is 0.0769. The molecule has 0 saturated heterocycles. The summed E-state index contributed by atoms with van der Waals surface area (Å²) in [6.45, 7) is 2.00. The number of pyridine rings is 1. The van der Waals surface area contributed by atoms with Gasteiger partial charge in [0.25, 0.3) is 10.0 Å².